The normalized spacial score (nSPS) is 10.7. The summed E-state index contributed by atoms with van der Waals surface area (Å²) < 4.78 is 1.01. The van der Waals surface area contributed by atoms with Crippen LogP contribution >= 0.6 is 11.3 Å². The molecule has 1 aromatic carbocycles. The van der Waals surface area contributed by atoms with E-state index in [-0.39, 0.29) is 17.2 Å². The lowest BCUT2D eigenvalue weighted by molar-refractivity contribution is 0.102. The Balaban J connectivity index is 1.86. The van der Waals surface area contributed by atoms with E-state index >= 15 is 0 Å². The molecule has 0 fully saturated rings. The highest BCUT2D eigenvalue weighted by molar-refractivity contribution is 7.18. The lowest BCUT2D eigenvalue weighted by atomic mass is 10.3. The van der Waals surface area contributed by atoms with Gasteiger partial charge in [0.05, 0.1) is 21.4 Å². The van der Waals surface area contributed by atoms with E-state index in [1.165, 1.54) is 6.20 Å². The summed E-state index contributed by atoms with van der Waals surface area (Å²) in [6.07, 6.45) is 2.36. The number of aromatic amines is 1. The van der Waals surface area contributed by atoms with Crippen molar-refractivity contribution >= 4 is 33.1 Å². The first kappa shape index (κ1) is 12.5. The van der Waals surface area contributed by atoms with Gasteiger partial charge in [0.25, 0.3) is 11.5 Å². The SMILES string of the molecule is Cc1nc2ccc(NC(=O)c3c[nH]c(=O)cn3)cc2s1. The average molecular weight is 286 g/mol. The minimum atomic E-state index is -0.373. The Kier molecular flexibility index (Phi) is 3.03. The number of aromatic nitrogens is 3. The van der Waals surface area contributed by atoms with E-state index in [1.54, 1.807) is 17.4 Å². The zero-order chi connectivity index (χ0) is 14.1. The molecule has 7 heteroatoms. The molecule has 2 N–H and O–H groups in total. The number of carbonyl (C=O) groups excluding carboxylic acids is 1. The maximum atomic E-state index is 12.0. The average Bonchev–Trinajstić information content (AvgIpc) is 2.78. The van der Waals surface area contributed by atoms with Crippen LogP contribution in [0.1, 0.15) is 15.5 Å². The molecule has 20 heavy (non-hydrogen) atoms. The highest BCUT2D eigenvalue weighted by atomic mass is 32.1. The molecule has 0 atom stereocenters. The number of carbonyl (C=O) groups is 1. The second kappa shape index (κ2) is 4.86. The third-order valence-corrected chi connectivity index (χ3v) is 3.59. The fourth-order valence-corrected chi connectivity index (χ4v) is 2.65. The van der Waals surface area contributed by atoms with Crippen molar-refractivity contribution in [1.29, 1.82) is 0 Å². The number of hydrogen-bond acceptors (Lipinski definition) is 5. The summed E-state index contributed by atoms with van der Waals surface area (Å²) >= 11 is 1.57. The van der Waals surface area contributed by atoms with Gasteiger partial charge < -0.3 is 10.3 Å². The quantitative estimate of drug-likeness (QED) is 0.753. The number of aryl methyl sites for hydroxylation is 1. The van der Waals surface area contributed by atoms with Gasteiger partial charge in [-0.2, -0.15) is 0 Å². The van der Waals surface area contributed by atoms with Gasteiger partial charge in [-0.3, -0.25) is 9.59 Å². The number of amides is 1. The number of hydrogen-bond donors (Lipinski definition) is 2. The van der Waals surface area contributed by atoms with E-state index in [1.807, 2.05) is 19.1 Å². The third kappa shape index (κ3) is 2.43. The van der Waals surface area contributed by atoms with Gasteiger partial charge in [-0.25, -0.2) is 9.97 Å². The second-order valence-electron chi connectivity index (χ2n) is 4.17. The Bertz CT molecular complexity index is 832. The van der Waals surface area contributed by atoms with Crippen molar-refractivity contribution < 1.29 is 4.79 Å². The molecule has 6 nitrogen and oxygen atoms in total. The number of anilines is 1. The van der Waals surface area contributed by atoms with Crippen molar-refractivity contribution in [2.75, 3.05) is 5.32 Å². The molecule has 2 heterocycles. The highest BCUT2D eigenvalue weighted by Gasteiger charge is 2.09. The summed E-state index contributed by atoms with van der Waals surface area (Å²) in [4.78, 5) is 33.4. The molecule has 0 aliphatic rings. The Morgan fingerprint density at radius 2 is 2.25 bits per heavy atom. The molecule has 0 aliphatic carbocycles. The predicted molar refractivity (Wildman–Crippen MR) is 77.2 cm³/mol. The Labute approximate surface area is 117 Å². The van der Waals surface area contributed by atoms with Gasteiger partial charge in [0.2, 0.25) is 0 Å². The summed E-state index contributed by atoms with van der Waals surface area (Å²) in [5, 5.41) is 3.71. The minimum Gasteiger partial charge on any atom is -0.325 e. The van der Waals surface area contributed by atoms with Gasteiger partial charge in [0.15, 0.2) is 0 Å². The van der Waals surface area contributed by atoms with Crippen LogP contribution in [0, 0.1) is 6.92 Å². The molecule has 3 aromatic rings. The molecule has 2 aromatic heterocycles. The molecule has 0 spiro atoms. The van der Waals surface area contributed by atoms with Crippen molar-refractivity contribution in [1.82, 2.24) is 15.0 Å². The summed E-state index contributed by atoms with van der Waals surface area (Å²) in [5.41, 5.74) is 1.39. The summed E-state index contributed by atoms with van der Waals surface area (Å²) in [5.74, 6) is -0.373. The standard InChI is InChI=1S/C13H10N4O2S/c1-7-16-9-3-2-8(4-11(9)20-7)17-13(19)10-5-15-12(18)6-14-10/h2-6H,1H3,(H,15,18)(H,17,19). The minimum absolute atomic E-state index is 0.158. The Morgan fingerprint density at radius 3 is 3.00 bits per heavy atom. The van der Waals surface area contributed by atoms with Crippen LogP contribution < -0.4 is 10.9 Å². The smallest absolute Gasteiger partial charge is 0.275 e. The van der Waals surface area contributed by atoms with Gasteiger partial charge in [-0.05, 0) is 25.1 Å². The second-order valence-corrected chi connectivity index (χ2v) is 5.40. The van der Waals surface area contributed by atoms with E-state index < -0.39 is 0 Å². The molecule has 0 saturated heterocycles. The number of fused-ring (bicyclic) bond motifs is 1. The largest absolute Gasteiger partial charge is 0.325 e. The van der Waals surface area contributed by atoms with Crippen molar-refractivity contribution in [3.63, 3.8) is 0 Å². The first-order chi connectivity index (χ1) is 9.61. The summed E-state index contributed by atoms with van der Waals surface area (Å²) in [7, 11) is 0. The number of benzene rings is 1. The summed E-state index contributed by atoms with van der Waals surface area (Å²) in [6, 6.07) is 5.50. The Morgan fingerprint density at radius 1 is 1.40 bits per heavy atom. The fraction of sp³-hybridized carbons (Fsp3) is 0.0769. The maximum absolute atomic E-state index is 12.0. The molecule has 100 valence electrons. The van der Waals surface area contributed by atoms with Gasteiger partial charge in [-0.15, -0.1) is 11.3 Å². The zero-order valence-corrected chi connectivity index (χ0v) is 11.3. The number of rotatable bonds is 2. The van der Waals surface area contributed by atoms with E-state index in [0.29, 0.717) is 5.69 Å². The summed E-state index contributed by atoms with van der Waals surface area (Å²) in [6.45, 7) is 1.94. The van der Waals surface area contributed by atoms with Crippen LogP contribution in [-0.2, 0) is 0 Å². The van der Waals surface area contributed by atoms with Crippen LogP contribution in [0.25, 0.3) is 10.2 Å². The highest BCUT2D eigenvalue weighted by Crippen LogP contribution is 2.24. The molecule has 1 amide bonds. The predicted octanol–water partition coefficient (Wildman–Crippen LogP) is 1.94. The molecule has 0 radical (unpaired) electrons. The van der Waals surface area contributed by atoms with Gasteiger partial charge in [0.1, 0.15) is 5.69 Å². The van der Waals surface area contributed by atoms with Gasteiger partial charge in [0, 0.05) is 11.9 Å². The zero-order valence-electron chi connectivity index (χ0n) is 10.5. The Hall–Kier alpha value is -2.54. The van der Waals surface area contributed by atoms with E-state index in [9.17, 15) is 9.59 Å². The molecule has 0 aliphatic heterocycles. The number of thiazole rings is 1. The fourth-order valence-electron chi connectivity index (χ4n) is 1.78. The van der Waals surface area contributed by atoms with Crippen molar-refractivity contribution in [2.45, 2.75) is 6.92 Å². The first-order valence-electron chi connectivity index (χ1n) is 5.85. The van der Waals surface area contributed by atoms with Crippen LogP contribution in [0.2, 0.25) is 0 Å². The van der Waals surface area contributed by atoms with Crippen molar-refractivity contribution in [2.24, 2.45) is 0 Å². The molecular weight excluding hydrogens is 276 g/mol. The number of H-pyrrole nitrogens is 1. The lowest BCUT2D eigenvalue weighted by Crippen LogP contribution is -2.16. The van der Waals surface area contributed by atoms with E-state index in [2.05, 4.69) is 20.3 Å². The van der Waals surface area contributed by atoms with Crippen LogP contribution in [-0.4, -0.2) is 20.9 Å². The first-order valence-corrected chi connectivity index (χ1v) is 6.67. The molecule has 0 unspecified atom stereocenters. The number of nitrogens with zero attached hydrogens (tertiary/aromatic N) is 2. The molecule has 0 bridgehead atoms. The number of nitrogens with one attached hydrogen (secondary N) is 2. The van der Waals surface area contributed by atoms with Crippen LogP contribution in [0.15, 0.2) is 35.4 Å². The maximum Gasteiger partial charge on any atom is 0.275 e. The molecular formula is C13H10N4O2S. The van der Waals surface area contributed by atoms with E-state index in [4.69, 9.17) is 0 Å². The van der Waals surface area contributed by atoms with Gasteiger partial charge >= 0.3 is 0 Å². The monoisotopic (exact) mass is 286 g/mol. The lowest BCUT2D eigenvalue weighted by Gasteiger charge is -2.03. The van der Waals surface area contributed by atoms with E-state index in [0.717, 1.165) is 21.4 Å². The van der Waals surface area contributed by atoms with Crippen molar-refractivity contribution in [3.05, 3.63) is 51.6 Å². The molecule has 3 rings (SSSR count). The van der Waals surface area contributed by atoms with Crippen LogP contribution in [0.3, 0.4) is 0 Å². The third-order valence-electron chi connectivity index (χ3n) is 2.66. The topological polar surface area (TPSA) is 87.7 Å². The molecule has 0 saturated carbocycles. The van der Waals surface area contributed by atoms with Crippen LogP contribution in [0.5, 0.6) is 0 Å². The van der Waals surface area contributed by atoms with Crippen molar-refractivity contribution in [3.8, 4) is 0 Å². The van der Waals surface area contributed by atoms with Crippen LogP contribution in [0.4, 0.5) is 5.69 Å². The van der Waals surface area contributed by atoms with Gasteiger partial charge in [-0.1, -0.05) is 0 Å².